The molecular weight excluding hydrogens is 430 g/mol. The standard InChI is InChI=1S/C25H19N7O2/c1-14(32-24-20(23(26)27-13-28-24)21(31-32)18-11-12-29-30-18)22-19(15-7-3-2-4-8-15)16-9-5-6-10-17(16)25(33)34-22/h2-14H,1H3,(H,29,30)(H2,26,27,28). The molecule has 4 heterocycles. The van der Waals surface area contributed by atoms with Gasteiger partial charge in [-0.05, 0) is 24.6 Å². The van der Waals surface area contributed by atoms with Crippen LogP contribution >= 0.6 is 0 Å². The minimum atomic E-state index is -0.485. The first-order valence-corrected chi connectivity index (χ1v) is 10.7. The van der Waals surface area contributed by atoms with Gasteiger partial charge in [0.15, 0.2) is 5.65 Å². The summed E-state index contributed by atoms with van der Waals surface area (Å²) in [5.41, 5.74) is 9.36. The van der Waals surface area contributed by atoms with E-state index in [0.717, 1.165) is 16.5 Å². The topological polar surface area (TPSA) is 129 Å². The van der Waals surface area contributed by atoms with Crippen molar-refractivity contribution in [2.24, 2.45) is 0 Å². The lowest BCUT2D eigenvalue weighted by molar-refractivity contribution is 0.405. The molecule has 0 radical (unpaired) electrons. The van der Waals surface area contributed by atoms with E-state index < -0.39 is 11.7 Å². The smallest absolute Gasteiger partial charge is 0.343 e. The molecule has 9 nitrogen and oxygen atoms in total. The Morgan fingerprint density at radius 1 is 1.00 bits per heavy atom. The number of aromatic amines is 1. The van der Waals surface area contributed by atoms with E-state index in [0.29, 0.717) is 39.4 Å². The maximum Gasteiger partial charge on any atom is 0.343 e. The van der Waals surface area contributed by atoms with E-state index in [4.69, 9.17) is 15.2 Å². The molecule has 166 valence electrons. The quantitative estimate of drug-likeness (QED) is 0.413. The number of nitrogens with one attached hydrogen (secondary N) is 1. The van der Waals surface area contributed by atoms with E-state index in [-0.39, 0.29) is 0 Å². The zero-order valence-corrected chi connectivity index (χ0v) is 18.1. The number of hydrogen-bond donors (Lipinski definition) is 2. The molecular formula is C25H19N7O2. The molecule has 3 N–H and O–H groups in total. The highest BCUT2D eigenvalue weighted by Crippen LogP contribution is 2.37. The van der Waals surface area contributed by atoms with Gasteiger partial charge in [-0.15, -0.1) is 0 Å². The van der Waals surface area contributed by atoms with Gasteiger partial charge in [-0.2, -0.15) is 10.2 Å². The van der Waals surface area contributed by atoms with Crippen molar-refractivity contribution in [3.05, 3.63) is 89.4 Å². The largest absolute Gasteiger partial charge is 0.424 e. The summed E-state index contributed by atoms with van der Waals surface area (Å²) in [6.45, 7) is 1.92. The number of nitrogen functional groups attached to an aromatic ring is 1. The fourth-order valence-corrected chi connectivity index (χ4v) is 4.37. The third-order valence-electron chi connectivity index (χ3n) is 5.95. The van der Waals surface area contributed by atoms with Crippen molar-refractivity contribution < 1.29 is 4.42 Å². The lowest BCUT2D eigenvalue weighted by Gasteiger charge is -2.18. The van der Waals surface area contributed by atoms with Gasteiger partial charge in [0.05, 0.1) is 16.5 Å². The first kappa shape index (κ1) is 19.9. The minimum absolute atomic E-state index is 0.302. The first-order valence-electron chi connectivity index (χ1n) is 10.7. The molecule has 0 aliphatic rings. The number of nitrogens with two attached hydrogens (primary N) is 1. The van der Waals surface area contributed by atoms with Gasteiger partial charge in [0.25, 0.3) is 0 Å². The maximum atomic E-state index is 13.0. The molecule has 0 spiro atoms. The predicted molar refractivity (Wildman–Crippen MR) is 129 cm³/mol. The molecule has 1 unspecified atom stereocenters. The number of aromatic nitrogens is 6. The van der Waals surface area contributed by atoms with E-state index in [1.165, 1.54) is 6.33 Å². The second-order valence-corrected chi connectivity index (χ2v) is 7.94. The van der Waals surface area contributed by atoms with Crippen LogP contribution in [-0.2, 0) is 0 Å². The van der Waals surface area contributed by atoms with Crippen LogP contribution in [0.15, 0.2) is 82.4 Å². The monoisotopic (exact) mass is 449 g/mol. The molecule has 9 heteroatoms. The Bertz CT molecular complexity index is 1700. The Hall–Kier alpha value is -4.79. The van der Waals surface area contributed by atoms with Gasteiger partial charge in [0.2, 0.25) is 0 Å². The Labute approximate surface area is 192 Å². The Morgan fingerprint density at radius 2 is 1.76 bits per heavy atom. The molecule has 0 aliphatic carbocycles. The van der Waals surface area contributed by atoms with Crippen LogP contribution in [0.1, 0.15) is 18.7 Å². The van der Waals surface area contributed by atoms with E-state index >= 15 is 0 Å². The van der Waals surface area contributed by atoms with E-state index in [9.17, 15) is 4.79 Å². The Morgan fingerprint density at radius 3 is 2.53 bits per heavy atom. The summed E-state index contributed by atoms with van der Waals surface area (Å²) in [6, 6.07) is 18.6. The highest BCUT2D eigenvalue weighted by atomic mass is 16.4. The van der Waals surface area contributed by atoms with Crippen LogP contribution in [0.2, 0.25) is 0 Å². The number of hydrogen-bond acceptors (Lipinski definition) is 7. The summed E-state index contributed by atoms with van der Waals surface area (Å²) < 4.78 is 7.67. The highest BCUT2D eigenvalue weighted by Gasteiger charge is 2.26. The van der Waals surface area contributed by atoms with Crippen LogP contribution in [0, 0.1) is 0 Å². The summed E-state index contributed by atoms with van der Waals surface area (Å²) in [4.78, 5) is 21.6. The zero-order valence-electron chi connectivity index (χ0n) is 18.1. The van der Waals surface area contributed by atoms with Crippen LogP contribution < -0.4 is 11.4 Å². The van der Waals surface area contributed by atoms with Crippen LogP contribution in [-0.4, -0.2) is 29.9 Å². The van der Waals surface area contributed by atoms with Gasteiger partial charge in [-0.25, -0.2) is 19.4 Å². The Balaban J connectivity index is 1.66. The van der Waals surface area contributed by atoms with E-state index in [1.807, 2.05) is 55.5 Å². The highest BCUT2D eigenvalue weighted by molar-refractivity contribution is 5.98. The number of rotatable bonds is 4. The van der Waals surface area contributed by atoms with Crippen molar-refractivity contribution in [1.82, 2.24) is 29.9 Å². The number of nitrogens with zero attached hydrogens (tertiary/aromatic N) is 5. The van der Waals surface area contributed by atoms with Crippen molar-refractivity contribution in [2.45, 2.75) is 13.0 Å². The molecule has 34 heavy (non-hydrogen) atoms. The molecule has 0 amide bonds. The normalized spacial score (nSPS) is 12.4. The third kappa shape index (κ3) is 2.98. The van der Waals surface area contributed by atoms with Crippen molar-refractivity contribution in [1.29, 1.82) is 0 Å². The zero-order chi connectivity index (χ0) is 23.2. The van der Waals surface area contributed by atoms with Gasteiger partial charge in [-0.1, -0.05) is 48.5 Å². The van der Waals surface area contributed by atoms with Crippen molar-refractivity contribution in [2.75, 3.05) is 5.73 Å². The maximum absolute atomic E-state index is 13.0. The van der Waals surface area contributed by atoms with Crippen molar-refractivity contribution in [3.8, 4) is 22.5 Å². The summed E-state index contributed by atoms with van der Waals surface area (Å²) >= 11 is 0. The van der Waals surface area contributed by atoms with Gasteiger partial charge < -0.3 is 10.2 Å². The average Bonchev–Trinajstić information content (AvgIpc) is 3.53. The van der Waals surface area contributed by atoms with Crippen LogP contribution in [0.3, 0.4) is 0 Å². The van der Waals surface area contributed by atoms with E-state index in [1.54, 1.807) is 23.0 Å². The fourth-order valence-electron chi connectivity index (χ4n) is 4.37. The molecule has 6 rings (SSSR count). The third-order valence-corrected chi connectivity index (χ3v) is 5.95. The number of H-pyrrole nitrogens is 1. The summed E-state index contributed by atoms with van der Waals surface area (Å²) in [7, 11) is 0. The van der Waals surface area contributed by atoms with Crippen molar-refractivity contribution >= 4 is 27.6 Å². The fraction of sp³-hybridized carbons (Fsp3) is 0.0800. The molecule has 6 aromatic rings. The molecule has 0 saturated carbocycles. The minimum Gasteiger partial charge on any atom is -0.424 e. The van der Waals surface area contributed by atoms with Gasteiger partial charge in [0.1, 0.15) is 29.6 Å². The summed E-state index contributed by atoms with van der Waals surface area (Å²) in [5.74, 6) is 0.781. The molecule has 0 fully saturated rings. The second kappa shape index (κ2) is 7.66. The summed E-state index contributed by atoms with van der Waals surface area (Å²) in [6.07, 6.45) is 3.04. The van der Waals surface area contributed by atoms with Crippen LogP contribution in [0.25, 0.3) is 44.3 Å². The number of benzene rings is 2. The molecule has 1 atom stereocenters. The van der Waals surface area contributed by atoms with Gasteiger partial charge in [-0.3, -0.25) is 5.10 Å². The SMILES string of the molecule is CC(c1oc(=O)c2ccccc2c1-c1ccccc1)n1nc(-c2ccn[nH]2)c2c(N)ncnc21. The average molecular weight is 449 g/mol. The number of fused-ring (bicyclic) bond motifs is 2. The first-order chi connectivity index (χ1) is 16.6. The predicted octanol–water partition coefficient (Wildman–Crippen LogP) is 4.18. The van der Waals surface area contributed by atoms with Gasteiger partial charge in [0, 0.05) is 17.1 Å². The Kier molecular flexibility index (Phi) is 4.48. The van der Waals surface area contributed by atoms with Crippen LogP contribution in [0.4, 0.5) is 5.82 Å². The summed E-state index contributed by atoms with van der Waals surface area (Å²) in [5, 5.41) is 13.7. The van der Waals surface area contributed by atoms with E-state index in [2.05, 4.69) is 20.2 Å². The lowest BCUT2D eigenvalue weighted by Crippen LogP contribution is -2.14. The van der Waals surface area contributed by atoms with Gasteiger partial charge >= 0.3 is 5.63 Å². The van der Waals surface area contributed by atoms with Crippen molar-refractivity contribution in [3.63, 3.8) is 0 Å². The molecule has 0 aliphatic heterocycles. The number of anilines is 1. The second-order valence-electron chi connectivity index (χ2n) is 7.94. The molecule has 4 aromatic heterocycles. The molecule has 0 bridgehead atoms. The molecule has 2 aromatic carbocycles. The lowest BCUT2D eigenvalue weighted by atomic mass is 9.96. The van der Waals surface area contributed by atoms with Crippen LogP contribution in [0.5, 0.6) is 0 Å². The molecule has 0 saturated heterocycles.